The van der Waals surface area contributed by atoms with Crippen molar-refractivity contribution in [1.29, 1.82) is 0 Å². The van der Waals surface area contributed by atoms with Crippen LogP contribution in [0.3, 0.4) is 0 Å². The summed E-state index contributed by atoms with van der Waals surface area (Å²) in [5, 5.41) is 0. The zero-order valence-electron chi connectivity index (χ0n) is 18.7. The van der Waals surface area contributed by atoms with Crippen LogP contribution in [0, 0.1) is 11.7 Å². The van der Waals surface area contributed by atoms with E-state index in [9.17, 15) is 14.0 Å². The number of amides is 1. The van der Waals surface area contributed by atoms with Gasteiger partial charge in [0.15, 0.2) is 11.5 Å². The standard InChI is InChI=1S/C24H27FN6O2/c1-28-21-20(3-2-10-26-21)27-22(24(28)33)30-11-8-17(9-12-30)23(32)31-15-13-29(14-16-31)19-6-4-18(25)5-7-19/h2-7,10,17H,8-9,11-16H2,1H3. The third kappa shape index (κ3) is 4.15. The largest absolute Gasteiger partial charge is 0.368 e. The molecule has 0 spiro atoms. The van der Waals surface area contributed by atoms with Crippen molar-refractivity contribution in [3.05, 3.63) is 58.8 Å². The van der Waals surface area contributed by atoms with Crippen LogP contribution in [0.5, 0.6) is 0 Å². The molecular weight excluding hydrogens is 423 g/mol. The minimum Gasteiger partial charge on any atom is -0.368 e. The number of aromatic nitrogens is 3. The first-order chi connectivity index (χ1) is 16.0. The van der Waals surface area contributed by atoms with Crippen LogP contribution in [0.15, 0.2) is 47.4 Å². The molecule has 2 aliphatic heterocycles. The Morgan fingerprint density at radius 3 is 2.36 bits per heavy atom. The highest BCUT2D eigenvalue weighted by Gasteiger charge is 2.31. The molecule has 5 rings (SSSR count). The van der Waals surface area contributed by atoms with Crippen molar-refractivity contribution >= 4 is 28.6 Å². The lowest BCUT2D eigenvalue weighted by Crippen LogP contribution is -2.52. The molecule has 0 aliphatic carbocycles. The summed E-state index contributed by atoms with van der Waals surface area (Å²) in [4.78, 5) is 40.9. The lowest BCUT2D eigenvalue weighted by atomic mass is 9.95. The number of fused-ring (bicyclic) bond motifs is 1. The zero-order valence-corrected chi connectivity index (χ0v) is 18.7. The number of hydrogen-bond donors (Lipinski definition) is 0. The van der Waals surface area contributed by atoms with E-state index in [1.807, 2.05) is 21.9 Å². The molecular formula is C24H27FN6O2. The maximum atomic E-state index is 13.2. The molecule has 0 bridgehead atoms. The van der Waals surface area contributed by atoms with Crippen molar-refractivity contribution in [3.8, 4) is 0 Å². The molecule has 33 heavy (non-hydrogen) atoms. The Balaban J connectivity index is 1.20. The normalized spacial score (nSPS) is 17.6. The van der Waals surface area contributed by atoms with E-state index in [1.54, 1.807) is 25.4 Å². The van der Waals surface area contributed by atoms with Crippen LogP contribution in [-0.2, 0) is 11.8 Å². The van der Waals surface area contributed by atoms with Gasteiger partial charge in [-0.25, -0.2) is 14.4 Å². The fourth-order valence-corrected chi connectivity index (χ4v) is 4.78. The topological polar surface area (TPSA) is 74.6 Å². The Kier molecular flexibility index (Phi) is 5.70. The Labute approximate surface area is 191 Å². The van der Waals surface area contributed by atoms with Gasteiger partial charge in [0.25, 0.3) is 5.56 Å². The molecule has 3 aromatic rings. The zero-order chi connectivity index (χ0) is 22.9. The lowest BCUT2D eigenvalue weighted by molar-refractivity contribution is -0.136. The summed E-state index contributed by atoms with van der Waals surface area (Å²) in [6.07, 6.45) is 3.06. The third-order valence-electron chi connectivity index (χ3n) is 6.73. The smallest absolute Gasteiger partial charge is 0.294 e. The quantitative estimate of drug-likeness (QED) is 0.608. The lowest BCUT2D eigenvalue weighted by Gasteiger charge is -2.39. The van der Waals surface area contributed by atoms with Gasteiger partial charge in [0.1, 0.15) is 11.3 Å². The molecule has 172 valence electrons. The maximum Gasteiger partial charge on any atom is 0.294 e. The molecule has 4 heterocycles. The number of hydrogen-bond acceptors (Lipinski definition) is 6. The molecule has 0 atom stereocenters. The third-order valence-corrected chi connectivity index (χ3v) is 6.73. The Hall–Kier alpha value is -3.49. The molecule has 2 fully saturated rings. The summed E-state index contributed by atoms with van der Waals surface area (Å²) >= 11 is 0. The molecule has 2 aliphatic rings. The monoisotopic (exact) mass is 450 g/mol. The van der Waals surface area contributed by atoms with Gasteiger partial charge >= 0.3 is 0 Å². The van der Waals surface area contributed by atoms with Crippen molar-refractivity contribution < 1.29 is 9.18 Å². The second-order valence-electron chi connectivity index (χ2n) is 8.70. The summed E-state index contributed by atoms with van der Waals surface area (Å²) in [7, 11) is 1.71. The van der Waals surface area contributed by atoms with E-state index in [4.69, 9.17) is 0 Å². The van der Waals surface area contributed by atoms with Crippen LogP contribution in [0.1, 0.15) is 12.8 Å². The van der Waals surface area contributed by atoms with Crippen molar-refractivity contribution in [2.45, 2.75) is 12.8 Å². The van der Waals surface area contributed by atoms with E-state index in [2.05, 4.69) is 14.9 Å². The Bertz CT molecular complexity index is 1210. The number of rotatable bonds is 3. The molecule has 1 aromatic carbocycles. The number of carbonyl (C=O) groups excluding carboxylic acids is 1. The van der Waals surface area contributed by atoms with Crippen LogP contribution < -0.4 is 15.4 Å². The van der Waals surface area contributed by atoms with Crippen molar-refractivity contribution in [1.82, 2.24) is 19.4 Å². The fourth-order valence-electron chi connectivity index (χ4n) is 4.78. The van der Waals surface area contributed by atoms with E-state index in [0.717, 1.165) is 18.8 Å². The average molecular weight is 451 g/mol. The van der Waals surface area contributed by atoms with Gasteiger partial charge in [0, 0.05) is 64.1 Å². The minimum absolute atomic E-state index is 0.0374. The SMILES string of the molecule is Cn1c(=O)c(N2CCC(C(=O)N3CCN(c4ccc(F)cc4)CC3)CC2)nc2cccnc21. The first-order valence-corrected chi connectivity index (χ1v) is 11.4. The molecule has 1 amide bonds. The molecule has 2 aromatic heterocycles. The van der Waals surface area contributed by atoms with Crippen LogP contribution in [0.2, 0.25) is 0 Å². The summed E-state index contributed by atoms with van der Waals surface area (Å²) < 4.78 is 14.7. The number of benzene rings is 1. The van der Waals surface area contributed by atoms with Gasteiger partial charge in [-0.05, 0) is 49.2 Å². The highest BCUT2D eigenvalue weighted by atomic mass is 19.1. The van der Waals surface area contributed by atoms with Gasteiger partial charge in [-0.1, -0.05) is 0 Å². The van der Waals surface area contributed by atoms with Gasteiger partial charge in [0.2, 0.25) is 5.91 Å². The molecule has 0 saturated carbocycles. The van der Waals surface area contributed by atoms with Crippen molar-refractivity contribution in [3.63, 3.8) is 0 Å². The predicted octanol–water partition coefficient (Wildman–Crippen LogP) is 2.03. The molecule has 8 nitrogen and oxygen atoms in total. The Morgan fingerprint density at radius 1 is 0.970 bits per heavy atom. The average Bonchev–Trinajstić information content (AvgIpc) is 2.86. The van der Waals surface area contributed by atoms with E-state index in [1.165, 1.54) is 16.7 Å². The van der Waals surface area contributed by atoms with Crippen LogP contribution in [0.25, 0.3) is 11.2 Å². The summed E-state index contributed by atoms with van der Waals surface area (Å²) in [6.45, 7) is 4.05. The number of piperidine rings is 1. The number of pyridine rings is 1. The predicted molar refractivity (Wildman–Crippen MR) is 125 cm³/mol. The number of anilines is 2. The first-order valence-electron chi connectivity index (χ1n) is 11.4. The Morgan fingerprint density at radius 2 is 1.67 bits per heavy atom. The fraction of sp³-hybridized carbons (Fsp3) is 0.417. The van der Waals surface area contributed by atoms with Gasteiger partial charge < -0.3 is 14.7 Å². The number of halogens is 1. The van der Waals surface area contributed by atoms with Gasteiger partial charge in [-0.15, -0.1) is 0 Å². The molecule has 9 heteroatoms. The summed E-state index contributed by atoms with van der Waals surface area (Å²) in [5.74, 6) is 0.339. The van der Waals surface area contributed by atoms with E-state index >= 15 is 0 Å². The summed E-state index contributed by atoms with van der Waals surface area (Å²) in [6, 6.07) is 10.2. The minimum atomic E-state index is -0.243. The molecule has 0 radical (unpaired) electrons. The first kappa shape index (κ1) is 21.4. The van der Waals surface area contributed by atoms with Gasteiger partial charge in [-0.3, -0.25) is 14.2 Å². The highest BCUT2D eigenvalue weighted by Crippen LogP contribution is 2.24. The van der Waals surface area contributed by atoms with Crippen LogP contribution in [0.4, 0.5) is 15.9 Å². The molecule has 2 saturated heterocycles. The van der Waals surface area contributed by atoms with E-state index < -0.39 is 0 Å². The van der Waals surface area contributed by atoms with E-state index in [0.29, 0.717) is 56.0 Å². The summed E-state index contributed by atoms with van der Waals surface area (Å²) in [5.41, 5.74) is 2.07. The van der Waals surface area contributed by atoms with Crippen LogP contribution >= 0.6 is 0 Å². The number of piperazine rings is 1. The van der Waals surface area contributed by atoms with Crippen LogP contribution in [-0.4, -0.2) is 64.6 Å². The van der Waals surface area contributed by atoms with Crippen molar-refractivity contribution in [2.75, 3.05) is 49.1 Å². The van der Waals surface area contributed by atoms with E-state index in [-0.39, 0.29) is 23.2 Å². The molecule has 0 N–H and O–H groups in total. The van der Waals surface area contributed by atoms with Crippen molar-refractivity contribution in [2.24, 2.45) is 13.0 Å². The maximum absolute atomic E-state index is 13.2. The number of carbonyl (C=O) groups is 1. The molecule has 0 unspecified atom stereocenters. The van der Waals surface area contributed by atoms with Gasteiger partial charge in [-0.2, -0.15) is 0 Å². The number of aryl methyl sites for hydroxylation is 1. The second-order valence-corrected chi connectivity index (χ2v) is 8.70. The van der Waals surface area contributed by atoms with Gasteiger partial charge in [0.05, 0.1) is 0 Å². The highest BCUT2D eigenvalue weighted by molar-refractivity contribution is 5.79. The second kappa shape index (κ2) is 8.80. The number of nitrogens with zero attached hydrogens (tertiary/aromatic N) is 6.